The maximum absolute atomic E-state index is 12.1. The van der Waals surface area contributed by atoms with Crippen molar-refractivity contribution in [3.63, 3.8) is 0 Å². The first-order valence-corrected chi connectivity index (χ1v) is 7.93. The summed E-state index contributed by atoms with van der Waals surface area (Å²) in [5.74, 6) is 0.310. The first-order valence-electron chi connectivity index (χ1n) is 7.06. The van der Waals surface area contributed by atoms with E-state index in [1.165, 1.54) is 4.52 Å². The van der Waals surface area contributed by atoms with E-state index >= 15 is 0 Å². The van der Waals surface area contributed by atoms with Gasteiger partial charge in [0.15, 0.2) is 5.76 Å². The third kappa shape index (κ3) is 2.65. The molecule has 0 aliphatic heterocycles. The van der Waals surface area contributed by atoms with E-state index in [2.05, 4.69) is 20.2 Å². The fourth-order valence-electron chi connectivity index (χ4n) is 2.11. The normalized spacial score (nSPS) is 11.0. The van der Waals surface area contributed by atoms with Gasteiger partial charge in [-0.2, -0.15) is 4.98 Å². The van der Waals surface area contributed by atoms with Crippen molar-refractivity contribution in [3.05, 3.63) is 53.1 Å². The van der Waals surface area contributed by atoms with E-state index in [-0.39, 0.29) is 12.4 Å². The molecule has 0 amide bonds. The highest BCUT2D eigenvalue weighted by Crippen LogP contribution is 2.25. The van der Waals surface area contributed by atoms with E-state index in [1.54, 1.807) is 29.7 Å². The van der Waals surface area contributed by atoms with Gasteiger partial charge in [-0.3, -0.25) is 0 Å². The number of carbonyl (C=O) groups is 1. The summed E-state index contributed by atoms with van der Waals surface area (Å²) >= 11 is 1.54. The molecule has 4 rings (SSSR count). The van der Waals surface area contributed by atoms with Gasteiger partial charge in [-0.15, -0.1) is 16.4 Å². The van der Waals surface area contributed by atoms with E-state index in [0.29, 0.717) is 17.2 Å². The summed E-state index contributed by atoms with van der Waals surface area (Å²) in [6.45, 7) is 1.83. The summed E-state index contributed by atoms with van der Waals surface area (Å²) in [7, 11) is 0. The molecule has 0 unspecified atom stereocenters. The Morgan fingerprint density at radius 1 is 1.42 bits per heavy atom. The van der Waals surface area contributed by atoms with Gasteiger partial charge in [-0.25, -0.2) is 14.3 Å². The number of aryl methyl sites for hydroxylation is 1. The minimum absolute atomic E-state index is 0.0182. The monoisotopic (exact) mass is 341 g/mol. The molecule has 9 heteroatoms. The molecule has 0 saturated carbocycles. The minimum atomic E-state index is -0.638. The lowest BCUT2D eigenvalue weighted by Crippen LogP contribution is -2.08. The molecule has 24 heavy (non-hydrogen) atoms. The van der Waals surface area contributed by atoms with Gasteiger partial charge in [0.1, 0.15) is 12.3 Å². The Bertz CT molecular complexity index is 1010. The number of ether oxygens (including phenoxy) is 1. The van der Waals surface area contributed by atoms with Crippen LogP contribution in [0.4, 0.5) is 0 Å². The number of fused-ring (bicyclic) bond motifs is 1. The second kappa shape index (κ2) is 5.85. The SMILES string of the molecule is Cc1ccnc2nc(C(=O)OCc3cc(-c4cccs4)on3)nn12. The molecule has 4 heterocycles. The number of carbonyl (C=O) groups excluding carboxylic acids is 1. The second-order valence-corrected chi connectivity index (χ2v) is 5.92. The Hall–Kier alpha value is -3.07. The van der Waals surface area contributed by atoms with Gasteiger partial charge in [0.25, 0.3) is 11.6 Å². The quantitative estimate of drug-likeness (QED) is 0.526. The third-order valence-electron chi connectivity index (χ3n) is 3.29. The van der Waals surface area contributed by atoms with E-state index in [0.717, 1.165) is 10.6 Å². The Labute approximate surface area is 139 Å². The molecule has 0 aliphatic rings. The topological polar surface area (TPSA) is 95.4 Å². The van der Waals surface area contributed by atoms with Crippen LogP contribution in [-0.2, 0) is 11.3 Å². The maximum atomic E-state index is 12.1. The van der Waals surface area contributed by atoms with Gasteiger partial charge in [0, 0.05) is 18.0 Å². The lowest BCUT2D eigenvalue weighted by Gasteiger charge is -1.97. The van der Waals surface area contributed by atoms with Crippen LogP contribution in [0.3, 0.4) is 0 Å². The molecular weight excluding hydrogens is 330 g/mol. The van der Waals surface area contributed by atoms with Crippen molar-refractivity contribution in [2.45, 2.75) is 13.5 Å². The number of nitrogens with zero attached hydrogens (tertiary/aromatic N) is 5. The van der Waals surface area contributed by atoms with Crippen LogP contribution in [0.25, 0.3) is 16.4 Å². The van der Waals surface area contributed by atoms with Crippen molar-refractivity contribution in [3.8, 4) is 10.6 Å². The highest BCUT2D eigenvalue weighted by atomic mass is 32.1. The van der Waals surface area contributed by atoms with Crippen LogP contribution in [0.1, 0.15) is 22.0 Å². The molecule has 120 valence electrons. The average molecular weight is 341 g/mol. The fraction of sp³-hybridized carbons (Fsp3) is 0.133. The molecule has 0 bridgehead atoms. The predicted molar refractivity (Wildman–Crippen MR) is 84.5 cm³/mol. The van der Waals surface area contributed by atoms with Gasteiger partial charge in [-0.1, -0.05) is 11.2 Å². The lowest BCUT2D eigenvalue weighted by molar-refractivity contribution is 0.0450. The highest BCUT2D eigenvalue weighted by Gasteiger charge is 2.17. The van der Waals surface area contributed by atoms with Gasteiger partial charge >= 0.3 is 5.97 Å². The Morgan fingerprint density at radius 2 is 2.33 bits per heavy atom. The van der Waals surface area contributed by atoms with Crippen molar-refractivity contribution >= 4 is 23.1 Å². The lowest BCUT2D eigenvalue weighted by atomic mass is 10.3. The van der Waals surface area contributed by atoms with Crippen LogP contribution in [0.5, 0.6) is 0 Å². The smallest absolute Gasteiger partial charge is 0.378 e. The standard InChI is InChI=1S/C15H11N5O3S/c1-9-4-5-16-15-17-13(18-20(9)15)14(21)22-8-10-7-11(23-19-10)12-3-2-6-24-12/h2-7H,8H2,1H3. The highest BCUT2D eigenvalue weighted by molar-refractivity contribution is 7.13. The molecule has 0 saturated heterocycles. The van der Waals surface area contributed by atoms with Crippen LogP contribution in [-0.4, -0.2) is 30.7 Å². The minimum Gasteiger partial charge on any atom is -0.453 e. The average Bonchev–Trinajstić information content (AvgIpc) is 3.31. The molecule has 0 N–H and O–H groups in total. The van der Waals surface area contributed by atoms with E-state index in [1.807, 2.05) is 24.4 Å². The predicted octanol–water partition coefficient (Wildman–Crippen LogP) is 2.51. The Balaban J connectivity index is 1.47. The van der Waals surface area contributed by atoms with Gasteiger partial charge in [0.2, 0.25) is 0 Å². The van der Waals surface area contributed by atoms with Crippen LogP contribution < -0.4 is 0 Å². The number of aromatic nitrogens is 5. The number of esters is 1. The Morgan fingerprint density at radius 3 is 3.12 bits per heavy atom. The van der Waals surface area contributed by atoms with Crippen molar-refractivity contribution < 1.29 is 14.1 Å². The van der Waals surface area contributed by atoms with Gasteiger partial charge in [-0.05, 0) is 24.4 Å². The number of hydrogen-bond donors (Lipinski definition) is 0. The van der Waals surface area contributed by atoms with E-state index in [4.69, 9.17) is 9.26 Å². The molecule has 4 aromatic rings. The molecular formula is C15H11N5O3S. The zero-order chi connectivity index (χ0) is 16.5. The van der Waals surface area contributed by atoms with Gasteiger partial charge in [0.05, 0.1) is 4.88 Å². The summed E-state index contributed by atoms with van der Waals surface area (Å²) in [4.78, 5) is 21.2. The fourth-order valence-corrected chi connectivity index (χ4v) is 2.78. The molecule has 8 nitrogen and oxygen atoms in total. The van der Waals surface area contributed by atoms with E-state index in [9.17, 15) is 4.79 Å². The van der Waals surface area contributed by atoms with Crippen molar-refractivity contribution in [2.24, 2.45) is 0 Å². The summed E-state index contributed by atoms with van der Waals surface area (Å²) < 4.78 is 11.9. The molecule has 0 spiro atoms. The first-order chi connectivity index (χ1) is 11.7. The third-order valence-corrected chi connectivity index (χ3v) is 4.17. The van der Waals surface area contributed by atoms with Crippen LogP contribution >= 0.6 is 11.3 Å². The zero-order valence-electron chi connectivity index (χ0n) is 12.5. The zero-order valence-corrected chi connectivity index (χ0v) is 13.4. The molecule has 0 aromatic carbocycles. The van der Waals surface area contributed by atoms with Crippen molar-refractivity contribution in [1.29, 1.82) is 0 Å². The largest absolute Gasteiger partial charge is 0.453 e. The summed E-state index contributed by atoms with van der Waals surface area (Å²) in [5.41, 5.74) is 1.34. The molecule has 0 fully saturated rings. The van der Waals surface area contributed by atoms with Crippen LogP contribution in [0.15, 0.2) is 40.4 Å². The number of thiophene rings is 1. The molecule has 4 aromatic heterocycles. The van der Waals surface area contributed by atoms with Crippen molar-refractivity contribution in [1.82, 2.24) is 24.7 Å². The van der Waals surface area contributed by atoms with Gasteiger partial charge < -0.3 is 9.26 Å². The van der Waals surface area contributed by atoms with Crippen LogP contribution in [0, 0.1) is 6.92 Å². The van der Waals surface area contributed by atoms with Crippen molar-refractivity contribution in [2.75, 3.05) is 0 Å². The summed E-state index contributed by atoms with van der Waals surface area (Å²) in [6, 6.07) is 7.37. The Kier molecular flexibility index (Phi) is 3.54. The summed E-state index contributed by atoms with van der Waals surface area (Å²) in [5, 5.41) is 9.93. The maximum Gasteiger partial charge on any atom is 0.378 e. The first kappa shape index (κ1) is 14.5. The number of hydrogen-bond acceptors (Lipinski definition) is 8. The summed E-state index contributed by atoms with van der Waals surface area (Å²) in [6.07, 6.45) is 1.61. The second-order valence-electron chi connectivity index (χ2n) is 4.97. The molecule has 0 atom stereocenters. The number of rotatable bonds is 4. The van der Waals surface area contributed by atoms with E-state index < -0.39 is 5.97 Å². The van der Waals surface area contributed by atoms with Crippen LogP contribution in [0.2, 0.25) is 0 Å². The molecule has 0 aliphatic carbocycles. The molecule has 0 radical (unpaired) electrons.